The molecule has 122 valence electrons. The quantitative estimate of drug-likeness (QED) is 0.913. The molecule has 0 saturated carbocycles. The van der Waals surface area contributed by atoms with Crippen LogP contribution in [-0.4, -0.2) is 29.8 Å². The molecule has 0 spiro atoms. The Balaban J connectivity index is 2.00. The third-order valence-corrected chi connectivity index (χ3v) is 4.61. The molecule has 0 fully saturated rings. The third-order valence-electron chi connectivity index (χ3n) is 3.74. The molecule has 1 aromatic heterocycles. The normalized spacial score (nSPS) is 13.2. The van der Waals surface area contributed by atoms with E-state index in [0.717, 1.165) is 5.56 Å². The number of hydrogen-bond acceptors (Lipinski definition) is 3. The molecule has 0 aliphatic heterocycles. The summed E-state index contributed by atoms with van der Waals surface area (Å²) in [6.45, 7) is 3.51. The van der Waals surface area contributed by atoms with E-state index in [1.807, 2.05) is 12.3 Å². The highest BCUT2D eigenvalue weighted by Gasteiger charge is 2.24. The molecule has 1 N–H and O–H groups in total. The second-order valence-electron chi connectivity index (χ2n) is 5.35. The molecular weight excluding hydrogens is 315 g/mol. The van der Waals surface area contributed by atoms with Crippen LogP contribution in [0, 0.1) is 5.82 Å². The molecule has 2 amide bonds. The van der Waals surface area contributed by atoms with Crippen LogP contribution in [0.2, 0.25) is 0 Å². The van der Waals surface area contributed by atoms with E-state index in [0.29, 0.717) is 4.88 Å². The van der Waals surface area contributed by atoms with Crippen molar-refractivity contribution in [1.29, 1.82) is 0 Å². The van der Waals surface area contributed by atoms with Crippen LogP contribution in [0.4, 0.5) is 4.39 Å². The average molecular weight is 334 g/mol. The first kappa shape index (κ1) is 17.1. The van der Waals surface area contributed by atoms with Gasteiger partial charge in [-0.25, -0.2) is 4.39 Å². The predicted molar refractivity (Wildman–Crippen MR) is 88.8 cm³/mol. The minimum absolute atomic E-state index is 0.202. The number of thiophene rings is 1. The number of hydrogen-bond donors (Lipinski definition) is 1. The largest absolute Gasteiger partial charge is 0.340 e. The van der Waals surface area contributed by atoms with E-state index in [1.165, 1.54) is 23.5 Å². The topological polar surface area (TPSA) is 49.4 Å². The Morgan fingerprint density at radius 3 is 2.39 bits per heavy atom. The number of halogens is 1. The van der Waals surface area contributed by atoms with Crippen LogP contribution >= 0.6 is 11.3 Å². The summed E-state index contributed by atoms with van der Waals surface area (Å²) < 4.78 is 13.0. The van der Waals surface area contributed by atoms with Gasteiger partial charge in [0.25, 0.3) is 5.91 Å². The minimum atomic E-state index is -0.641. The Labute approximate surface area is 138 Å². The highest BCUT2D eigenvalue weighted by atomic mass is 32.1. The summed E-state index contributed by atoms with van der Waals surface area (Å²) in [5, 5.41) is 4.51. The van der Waals surface area contributed by atoms with Crippen LogP contribution in [-0.2, 0) is 4.79 Å². The fraction of sp³-hybridized carbons (Fsp3) is 0.294. The lowest BCUT2D eigenvalue weighted by Gasteiger charge is -2.28. The summed E-state index contributed by atoms with van der Waals surface area (Å²) in [4.78, 5) is 26.6. The number of carbonyl (C=O) groups excluding carboxylic acids is 2. The average Bonchev–Trinajstić information content (AvgIpc) is 3.08. The van der Waals surface area contributed by atoms with E-state index in [9.17, 15) is 14.0 Å². The summed E-state index contributed by atoms with van der Waals surface area (Å²) >= 11 is 1.33. The Morgan fingerprint density at radius 2 is 1.83 bits per heavy atom. The number of rotatable bonds is 5. The van der Waals surface area contributed by atoms with Crippen LogP contribution < -0.4 is 5.32 Å². The first-order valence-corrected chi connectivity index (χ1v) is 8.14. The van der Waals surface area contributed by atoms with Gasteiger partial charge in [0, 0.05) is 7.05 Å². The van der Waals surface area contributed by atoms with Crippen molar-refractivity contribution in [2.24, 2.45) is 0 Å². The maximum Gasteiger partial charge on any atom is 0.261 e. The molecule has 0 aliphatic rings. The van der Waals surface area contributed by atoms with Crippen LogP contribution in [0.1, 0.15) is 35.1 Å². The number of benzene rings is 1. The molecule has 0 radical (unpaired) electrons. The van der Waals surface area contributed by atoms with Crippen molar-refractivity contribution < 1.29 is 14.0 Å². The highest BCUT2D eigenvalue weighted by Crippen LogP contribution is 2.20. The van der Waals surface area contributed by atoms with Crippen molar-refractivity contribution in [2.75, 3.05) is 7.05 Å². The molecular formula is C17H19FN2O2S. The van der Waals surface area contributed by atoms with E-state index < -0.39 is 6.04 Å². The van der Waals surface area contributed by atoms with Crippen molar-refractivity contribution in [3.63, 3.8) is 0 Å². The fourth-order valence-corrected chi connectivity index (χ4v) is 2.83. The second-order valence-corrected chi connectivity index (χ2v) is 6.30. The van der Waals surface area contributed by atoms with E-state index in [2.05, 4.69) is 5.32 Å². The van der Waals surface area contributed by atoms with E-state index in [1.54, 1.807) is 43.1 Å². The summed E-state index contributed by atoms with van der Waals surface area (Å²) in [5.74, 6) is -0.776. The molecule has 2 unspecified atom stereocenters. The Bertz CT molecular complexity index is 670. The van der Waals surface area contributed by atoms with Gasteiger partial charge < -0.3 is 10.2 Å². The summed E-state index contributed by atoms with van der Waals surface area (Å²) in [6, 6.07) is 8.67. The van der Waals surface area contributed by atoms with Gasteiger partial charge >= 0.3 is 0 Å². The van der Waals surface area contributed by atoms with Crippen LogP contribution in [0.3, 0.4) is 0 Å². The zero-order valence-corrected chi connectivity index (χ0v) is 14.1. The second kappa shape index (κ2) is 7.37. The van der Waals surface area contributed by atoms with E-state index in [4.69, 9.17) is 0 Å². The fourth-order valence-electron chi connectivity index (χ4n) is 2.20. The Kier molecular flexibility index (Phi) is 5.50. The summed E-state index contributed by atoms with van der Waals surface area (Å²) in [6.07, 6.45) is 0. The summed E-state index contributed by atoms with van der Waals surface area (Å²) in [5.41, 5.74) is 0.832. The van der Waals surface area contributed by atoms with Crippen LogP contribution in [0.25, 0.3) is 0 Å². The lowest BCUT2D eigenvalue weighted by Crippen LogP contribution is -2.46. The van der Waals surface area contributed by atoms with Crippen molar-refractivity contribution in [3.8, 4) is 0 Å². The van der Waals surface area contributed by atoms with Gasteiger partial charge in [-0.3, -0.25) is 9.59 Å². The zero-order chi connectivity index (χ0) is 17.0. The number of nitrogens with zero attached hydrogens (tertiary/aromatic N) is 1. The smallest absolute Gasteiger partial charge is 0.261 e. The SMILES string of the molecule is CC(NC(=O)c1cccs1)C(=O)N(C)C(C)c1ccc(F)cc1. The van der Waals surface area contributed by atoms with Gasteiger partial charge in [-0.2, -0.15) is 0 Å². The van der Waals surface area contributed by atoms with Crippen molar-refractivity contribution >= 4 is 23.2 Å². The minimum Gasteiger partial charge on any atom is -0.340 e. The maximum absolute atomic E-state index is 13.0. The lowest BCUT2D eigenvalue weighted by molar-refractivity contribution is -0.133. The number of likely N-dealkylation sites (N-methyl/N-ethyl adjacent to an activating group) is 1. The molecule has 4 nitrogen and oxygen atoms in total. The van der Waals surface area contributed by atoms with Crippen molar-refractivity contribution in [2.45, 2.75) is 25.9 Å². The van der Waals surface area contributed by atoms with Gasteiger partial charge in [0.15, 0.2) is 0 Å². The van der Waals surface area contributed by atoms with Gasteiger partial charge in [-0.05, 0) is 43.0 Å². The standard InChI is InChI=1S/C17H19FN2O2S/c1-11(19-16(21)15-5-4-10-23-15)17(22)20(3)12(2)13-6-8-14(18)9-7-13/h4-12H,1-3H3,(H,19,21). The molecule has 23 heavy (non-hydrogen) atoms. The van der Waals surface area contributed by atoms with Crippen LogP contribution in [0.15, 0.2) is 41.8 Å². The van der Waals surface area contributed by atoms with Crippen molar-refractivity contribution in [1.82, 2.24) is 10.2 Å². The Morgan fingerprint density at radius 1 is 1.17 bits per heavy atom. The lowest BCUT2D eigenvalue weighted by atomic mass is 10.1. The van der Waals surface area contributed by atoms with Crippen molar-refractivity contribution in [3.05, 3.63) is 58.0 Å². The van der Waals surface area contributed by atoms with Crippen LogP contribution in [0.5, 0.6) is 0 Å². The molecule has 0 aliphatic carbocycles. The molecule has 0 bridgehead atoms. The first-order valence-electron chi connectivity index (χ1n) is 7.26. The van der Waals surface area contributed by atoms with E-state index in [-0.39, 0.29) is 23.7 Å². The number of nitrogens with one attached hydrogen (secondary N) is 1. The van der Waals surface area contributed by atoms with E-state index >= 15 is 0 Å². The third kappa shape index (κ3) is 4.16. The summed E-state index contributed by atoms with van der Waals surface area (Å²) in [7, 11) is 1.67. The van der Waals surface area contributed by atoms with Gasteiger partial charge in [0.2, 0.25) is 5.91 Å². The monoisotopic (exact) mass is 334 g/mol. The van der Waals surface area contributed by atoms with Gasteiger partial charge in [0.05, 0.1) is 10.9 Å². The van der Waals surface area contributed by atoms with Gasteiger partial charge in [-0.15, -0.1) is 11.3 Å². The molecule has 0 saturated heterocycles. The maximum atomic E-state index is 13.0. The highest BCUT2D eigenvalue weighted by molar-refractivity contribution is 7.12. The molecule has 6 heteroatoms. The predicted octanol–water partition coefficient (Wildman–Crippen LogP) is 3.23. The first-order chi connectivity index (χ1) is 10.9. The molecule has 2 aromatic rings. The Hall–Kier alpha value is -2.21. The van der Waals surface area contributed by atoms with Gasteiger partial charge in [-0.1, -0.05) is 18.2 Å². The van der Waals surface area contributed by atoms with Gasteiger partial charge in [0.1, 0.15) is 11.9 Å². The molecule has 1 heterocycles. The zero-order valence-electron chi connectivity index (χ0n) is 13.2. The number of carbonyl (C=O) groups is 2. The molecule has 2 rings (SSSR count). The molecule has 2 atom stereocenters. The molecule has 1 aromatic carbocycles. The number of amides is 2.